The van der Waals surface area contributed by atoms with Gasteiger partial charge in [0.2, 0.25) is 11.7 Å². The molecule has 0 saturated heterocycles. The Morgan fingerprint density at radius 3 is 2.36 bits per heavy atom. The van der Waals surface area contributed by atoms with Crippen molar-refractivity contribution in [2.45, 2.75) is 32.4 Å². The minimum absolute atomic E-state index is 0.00875. The van der Waals surface area contributed by atoms with E-state index >= 15 is 0 Å². The third kappa shape index (κ3) is 8.08. The van der Waals surface area contributed by atoms with E-state index in [1.54, 1.807) is 18.2 Å². The van der Waals surface area contributed by atoms with Crippen LogP contribution in [0.3, 0.4) is 0 Å². The number of carbonyl (C=O) groups excluding carboxylic acids is 2. The van der Waals surface area contributed by atoms with Crippen LogP contribution in [0, 0.1) is 10.1 Å². The summed E-state index contributed by atoms with van der Waals surface area (Å²) in [4.78, 5) is 39.1. The Balaban J connectivity index is 1.95. The number of halogens is 2. The van der Waals surface area contributed by atoms with E-state index in [9.17, 15) is 19.7 Å². The summed E-state index contributed by atoms with van der Waals surface area (Å²) in [6.45, 7) is 1.89. The van der Waals surface area contributed by atoms with Crippen LogP contribution in [0.15, 0.2) is 66.7 Å². The van der Waals surface area contributed by atoms with Gasteiger partial charge in [0.1, 0.15) is 11.8 Å². The molecule has 1 atom stereocenters. The average Bonchev–Trinajstić information content (AvgIpc) is 2.93. The van der Waals surface area contributed by atoms with Crippen molar-refractivity contribution in [1.82, 2.24) is 10.2 Å². The van der Waals surface area contributed by atoms with Crippen molar-refractivity contribution < 1.29 is 24.0 Å². The molecule has 0 aliphatic carbocycles. The lowest BCUT2D eigenvalue weighted by Crippen LogP contribution is -2.51. The van der Waals surface area contributed by atoms with Gasteiger partial charge in [-0.15, -0.1) is 0 Å². The number of amides is 2. The largest absolute Gasteiger partial charge is 0.490 e. The van der Waals surface area contributed by atoms with Gasteiger partial charge in [-0.25, -0.2) is 0 Å². The lowest BCUT2D eigenvalue weighted by molar-refractivity contribution is -0.385. The molecule has 206 valence electrons. The highest BCUT2D eigenvalue weighted by Gasteiger charge is 2.31. The van der Waals surface area contributed by atoms with Crippen molar-refractivity contribution in [1.29, 1.82) is 0 Å². The number of carbonyl (C=O) groups is 2. The molecule has 11 heteroatoms. The molecular formula is C28H29Cl2N3O6. The second kappa shape index (κ2) is 14.4. The molecule has 0 bridgehead atoms. The highest BCUT2D eigenvalue weighted by molar-refractivity contribution is 6.36. The third-order valence-electron chi connectivity index (χ3n) is 5.92. The minimum atomic E-state index is -0.895. The van der Waals surface area contributed by atoms with Gasteiger partial charge in [-0.1, -0.05) is 66.5 Å². The van der Waals surface area contributed by atoms with Crippen LogP contribution in [-0.2, 0) is 22.6 Å². The van der Waals surface area contributed by atoms with Crippen molar-refractivity contribution in [3.8, 4) is 11.5 Å². The van der Waals surface area contributed by atoms with Crippen LogP contribution in [0.5, 0.6) is 11.5 Å². The maximum absolute atomic E-state index is 13.7. The summed E-state index contributed by atoms with van der Waals surface area (Å²) in [5.74, 6) is -0.646. The molecule has 9 nitrogen and oxygen atoms in total. The Labute approximate surface area is 236 Å². The molecule has 0 aromatic heterocycles. The molecule has 3 rings (SSSR count). The molecule has 0 aliphatic rings. The topological polar surface area (TPSA) is 111 Å². The second-order valence-corrected chi connectivity index (χ2v) is 9.41. The summed E-state index contributed by atoms with van der Waals surface area (Å²) >= 11 is 12.9. The first-order chi connectivity index (χ1) is 18.7. The molecule has 0 fully saturated rings. The summed E-state index contributed by atoms with van der Waals surface area (Å²) in [5.41, 5.74) is 1.12. The molecule has 3 aromatic carbocycles. The first-order valence-corrected chi connectivity index (χ1v) is 13.0. The van der Waals surface area contributed by atoms with Crippen molar-refractivity contribution in [2.75, 3.05) is 20.3 Å². The van der Waals surface area contributed by atoms with Gasteiger partial charge < -0.3 is 19.7 Å². The van der Waals surface area contributed by atoms with Gasteiger partial charge in [-0.05, 0) is 30.2 Å². The maximum atomic E-state index is 13.7. The Morgan fingerprint density at radius 2 is 1.74 bits per heavy atom. The molecule has 0 unspecified atom stereocenters. The molecule has 0 spiro atoms. The van der Waals surface area contributed by atoms with Crippen LogP contribution < -0.4 is 14.8 Å². The fraction of sp³-hybridized carbons (Fsp3) is 0.286. The van der Waals surface area contributed by atoms with Gasteiger partial charge in [-0.2, -0.15) is 0 Å². The molecule has 0 radical (unpaired) electrons. The van der Waals surface area contributed by atoms with Gasteiger partial charge in [0.05, 0.1) is 12.0 Å². The van der Waals surface area contributed by atoms with E-state index < -0.39 is 23.5 Å². The lowest BCUT2D eigenvalue weighted by atomic mass is 10.0. The van der Waals surface area contributed by atoms with E-state index in [4.69, 9.17) is 32.7 Å². The van der Waals surface area contributed by atoms with E-state index in [1.807, 2.05) is 37.3 Å². The number of nitro groups is 1. The number of nitrogens with one attached hydrogen (secondary N) is 1. The Hall–Kier alpha value is -3.82. The number of rotatable bonds is 13. The standard InChI is InChI=1S/C28H29Cl2N3O6/c1-3-14-31-28(35)25(15-19-8-5-4-6-9-19)32(17-21-22(29)10-7-11-23(21)30)27(34)18-39-20-12-13-24(33(36)37)26(16-20)38-2/h4-13,16,25H,3,14-15,17-18H2,1-2H3,(H,31,35)/t25-/m0/s1. The van der Waals surface area contributed by atoms with E-state index in [2.05, 4.69) is 5.32 Å². The summed E-state index contributed by atoms with van der Waals surface area (Å²) in [5, 5.41) is 14.8. The fourth-order valence-electron chi connectivity index (χ4n) is 3.90. The van der Waals surface area contributed by atoms with E-state index in [0.29, 0.717) is 22.2 Å². The van der Waals surface area contributed by atoms with Gasteiger partial charge in [0.25, 0.3) is 5.91 Å². The van der Waals surface area contributed by atoms with Gasteiger partial charge in [0.15, 0.2) is 6.61 Å². The Kier molecular flexibility index (Phi) is 11.0. The van der Waals surface area contributed by atoms with Crippen molar-refractivity contribution in [3.05, 3.63) is 98.0 Å². The predicted octanol–water partition coefficient (Wildman–Crippen LogP) is 5.46. The fourth-order valence-corrected chi connectivity index (χ4v) is 4.42. The summed E-state index contributed by atoms with van der Waals surface area (Å²) in [6.07, 6.45) is 0.967. The zero-order chi connectivity index (χ0) is 28.4. The van der Waals surface area contributed by atoms with E-state index in [0.717, 1.165) is 12.0 Å². The zero-order valence-electron chi connectivity index (χ0n) is 21.6. The SMILES string of the molecule is CCCNC(=O)[C@H](Cc1ccccc1)N(Cc1c(Cl)cccc1Cl)C(=O)COc1ccc([N+](=O)[O-])c(OC)c1. The van der Waals surface area contributed by atoms with Crippen LogP contribution in [0.1, 0.15) is 24.5 Å². The van der Waals surface area contributed by atoms with Crippen molar-refractivity contribution >= 4 is 40.7 Å². The van der Waals surface area contributed by atoms with Crippen LogP contribution in [-0.4, -0.2) is 47.9 Å². The quantitative estimate of drug-likeness (QED) is 0.215. The normalized spacial score (nSPS) is 11.4. The van der Waals surface area contributed by atoms with Crippen LogP contribution in [0.2, 0.25) is 10.0 Å². The Morgan fingerprint density at radius 1 is 1.05 bits per heavy atom. The number of ether oxygens (including phenoxy) is 2. The zero-order valence-corrected chi connectivity index (χ0v) is 23.1. The lowest BCUT2D eigenvalue weighted by Gasteiger charge is -2.32. The number of nitro benzene ring substituents is 1. The van der Waals surface area contributed by atoms with E-state index in [-0.39, 0.29) is 36.1 Å². The number of methoxy groups -OCH3 is 1. The molecule has 3 aromatic rings. The van der Waals surface area contributed by atoms with Crippen LogP contribution >= 0.6 is 23.2 Å². The highest BCUT2D eigenvalue weighted by atomic mass is 35.5. The highest BCUT2D eigenvalue weighted by Crippen LogP contribution is 2.31. The van der Waals surface area contributed by atoms with Crippen LogP contribution in [0.4, 0.5) is 5.69 Å². The van der Waals surface area contributed by atoms with Gasteiger partial charge in [-0.3, -0.25) is 19.7 Å². The molecule has 0 heterocycles. The van der Waals surface area contributed by atoms with E-state index in [1.165, 1.54) is 30.2 Å². The minimum Gasteiger partial charge on any atom is -0.490 e. The second-order valence-electron chi connectivity index (χ2n) is 8.60. The van der Waals surface area contributed by atoms with Crippen LogP contribution in [0.25, 0.3) is 0 Å². The molecule has 0 aliphatic heterocycles. The summed E-state index contributed by atoms with van der Waals surface area (Å²) in [6, 6.07) is 17.4. The average molecular weight is 574 g/mol. The monoisotopic (exact) mass is 573 g/mol. The van der Waals surface area contributed by atoms with Gasteiger partial charge >= 0.3 is 5.69 Å². The predicted molar refractivity (Wildman–Crippen MR) is 149 cm³/mol. The maximum Gasteiger partial charge on any atom is 0.311 e. The number of nitrogens with zero attached hydrogens (tertiary/aromatic N) is 2. The molecule has 2 amide bonds. The summed E-state index contributed by atoms with van der Waals surface area (Å²) in [7, 11) is 1.30. The first kappa shape index (κ1) is 29.7. The number of hydrogen-bond acceptors (Lipinski definition) is 6. The third-order valence-corrected chi connectivity index (χ3v) is 6.63. The van der Waals surface area contributed by atoms with Gasteiger partial charge in [0, 0.05) is 47.3 Å². The smallest absolute Gasteiger partial charge is 0.311 e. The number of benzene rings is 3. The first-order valence-electron chi connectivity index (χ1n) is 12.2. The molecule has 0 saturated carbocycles. The Bertz CT molecular complexity index is 1290. The summed E-state index contributed by atoms with van der Waals surface area (Å²) < 4.78 is 10.8. The molecular weight excluding hydrogens is 545 g/mol. The number of hydrogen-bond donors (Lipinski definition) is 1. The van der Waals surface area contributed by atoms with Crippen molar-refractivity contribution in [3.63, 3.8) is 0 Å². The molecule has 39 heavy (non-hydrogen) atoms. The molecule has 1 N–H and O–H groups in total. The van der Waals surface area contributed by atoms with Crippen molar-refractivity contribution in [2.24, 2.45) is 0 Å².